The molecule has 3 N–H and O–H groups in total. The van der Waals surface area contributed by atoms with Gasteiger partial charge in [0.1, 0.15) is 0 Å². The Hall–Kier alpha value is -1.34. The van der Waals surface area contributed by atoms with E-state index in [4.69, 9.17) is 14.9 Å². The third-order valence-corrected chi connectivity index (χ3v) is 3.47. The average Bonchev–Trinajstić information content (AvgIpc) is 2.83. The van der Waals surface area contributed by atoms with E-state index in [0.717, 1.165) is 19.3 Å². The molecule has 1 saturated carbocycles. The Morgan fingerprint density at radius 3 is 2.94 bits per heavy atom. The number of ether oxygens (including phenoxy) is 1. The number of aliphatic carboxylic acids is 1. The predicted molar refractivity (Wildman–Crippen MR) is 61.1 cm³/mol. The van der Waals surface area contributed by atoms with Crippen molar-refractivity contribution in [2.24, 2.45) is 0 Å². The molecule has 0 aromatic carbocycles. The Bertz CT molecular complexity index is 335. The lowest BCUT2D eigenvalue weighted by atomic mass is 10.1. The van der Waals surface area contributed by atoms with Gasteiger partial charge in [0.25, 0.3) is 0 Å². The number of nitrogens with one attached hydrogen (secondary N) is 1. The fourth-order valence-corrected chi connectivity index (χ4v) is 2.55. The van der Waals surface area contributed by atoms with E-state index in [2.05, 4.69) is 5.32 Å². The molecule has 1 aliphatic carbocycles. The molecule has 2 amide bonds. The van der Waals surface area contributed by atoms with Crippen LogP contribution in [0, 0.1) is 0 Å². The van der Waals surface area contributed by atoms with Crippen molar-refractivity contribution >= 4 is 12.0 Å². The van der Waals surface area contributed by atoms with Gasteiger partial charge in [-0.15, -0.1) is 0 Å². The van der Waals surface area contributed by atoms with Crippen LogP contribution in [0.2, 0.25) is 0 Å². The first kappa shape index (κ1) is 13.1. The van der Waals surface area contributed by atoms with Crippen LogP contribution >= 0.6 is 0 Å². The third-order valence-electron chi connectivity index (χ3n) is 3.47. The van der Waals surface area contributed by atoms with Crippen LogP contribution < -0.4 is 5.32 Å². The van der Waals surface area contributed by atoms with Crippen molar-refractivity contribution in [2.45, 2.75) is 37.5 Å². The first-order valence-electron chi connectivity index (χ1n) is 6.16. The minimum Gasteiger partial charge on any atom is -0.479 e. The Labute approximate surface area is 105 Å². The molecule has 2 aliphatic rings. The predicted octanol–water partition coefficient (Wildman–Crippen LogP) is -0.605. The second-order valence-electron chi connectivity index (χ2n) is 4.64. The minimum atomic E-state index is -1.56. The molecule has 3 atom stereocenters. The summed E-state index contributed by atoms with van der Waals surface area (Å²) in [6, 6.07) is -0.240. The van der Waals surface area contributed by atoms with Crippen LogP contribution in [0.1, 0.15) is 19.3 Å². The van der Waals surface area contributed by atoms with Gasteiger partial charge in [-0.3, -0.25) is 0 Å². The molecule has 1 aliphatic heterocycles. The van der Waals surface area contributed by atoms with Crippen molar-refractivity contribution in [1.29, 1.82) is 0 Å². The standard InChI is InChI=1S/C11H18N2O5/c14-8(10(15)16)6-12-11(17)13-4-5-18-9-3-1-2-7(9)13/h7-9,14H,1-6H2,(H,12,17)(H,15,16)/t7?,8-,9?/m0/s1. The molecule has 1 saturated heterocycles. The number of aliphatic hydroxyl groups is 1. The molecule has 18 heavy (non-hydrogen) atoms. The Morgan fingerprint density at radius 2 is 2.22 bits per heavy atom. The SMILES string of the molecule is O=C(O)[C@@H](O)CNC(=O)N1CCOC2CCCC21. The van der Waals surface area contributed by atoms with E-state index in [1.54, 1.807) is 4.90 Å². The first-order valence-corrected chi connectivity index (χ1v) is 6.16. The van der Waals surface area contributed by atoms with Crippen molar-refractivity contribution in [3.05, 3.63) is 0 Å². The maximum atomic E-state index is 11.9. The van der Waals surface area contributed by atoms with Crippen LogP contribution in [0.25, 0.3) is 0 Å². The van der Waals surface area contributed by atoms with E-state index in [1.807, 2.05) is 0 Å². The molecule has 2 fully saturated rings. The number of morpholine rings is 1. The molecular weight excluding hydrogens is 240 g/mol. The van der Waals surface area contributed by atoms with E-state index in [0.29, 0.717) is 13.2 Å². The van der Waals surface area contributed by atoms with Crippen LogP contribution in [0.5, 0.6) is 0 Å². The topological polar surface area (TPSA) is 99.1 Å². The number of urea groups is 1. The summed E-state index contributed by atoms with van der Waals surface area (Å²) in [5.41, 5.74) is 0. The highest BCUT2D eigenvalue weighted by Crippen LogP contribution is 2.29. The van der Waals surface area contributed by atoms with Gasteiger partial charge in [-0.1, -0.05) is 0 Å². The molecule has 0 aromatic rings. The lowest BCUT2D eigenvalue weighted by Gasteiger charge is -2.37. The number of aliphatic hydroxyl groups excluding tert-OH is 1. The summed E-state index contributed by atoms with van der Waals surface area (Å²) in [5, 5.41) is 20.1. The summed E-state index contributed by atoms with van der Waals surface area (Å²) < 4.78 is 5.58. The Morgan fingerprint density at radius 1 is 1.44 bits per heavy atom. The number of carboxylic acids is 1. The number of rotatable bonds is 3. The molecule has 2 rings (SSSR count). The normalized spacial score (nSPS) is 28.6. The van der Waals surface area contributed by atoms with Gasteiger partial charge in [-0.05, 0) is 19.3 Å². The molecule has 7 heteroatoms. The van der Waals surface area contributed by atoms with Gasteiger partial charge in [0.15, 0.2) is 6.10 Å². The van der Waals surface area contributed by atoms with Gasteiger partial charge in [-0.2, -0.15) is 0 Å². The second-order valence-corrected chi connectivity index (χ2v) is 4.64. The fourth-order valence-electron chi connectivity index (χ4n) is 2.55. The summed E-state index contributed by atoms with van der Waals surface area (Å²) >= 11 is 0. The molecule has 7 nitrogen and oxygen atoms in total. The van der Waals surface area contributed by atoms with E-state index in [1.165, 1.54) is 0 Å². The second kappa shape index (κ2) is 5.53. The van der Waals surface area contributed by atoms with Gasteiger partial charge in [0.2, 0.25) is 0 Å². The lowest BCUT2D eigenvalue weighted by Crippen LogP contribution is -2.55. The molecule has 2 unspecified atom stereocenters. The third kappa shape index (κ3) is 2.73. The van der Waals surface area contributed by atoms with Crippen molar-refractivity contribution in [2.75, 3.05) is 19.7 Å². The molecule has 0 radical (unpaired) electrons. The minimum absolute atomic E-state index is 0.0840. The Balaban J connectivity index is 1.86. The quantitative estimate of drug-likeness (QED) is 0.627. The molecule has 0 bridgehead atoms. The van der Waals surface area contributed by atoms with Gasteiger partial charge < -0.3 is 25.2 Å². The van der Waals surface area contributed by atoms with Crippen LogP contribution in [0.15, 0.2) is 0 Å². The maximum Gasteiger partial charge on any atom is 0.334 e. The fraction of sp³-hybridized carbons (Fsp3) is 0.818. The monoisotopic (exact) mass is 258 g/mol. The molecule has 0 spiro atoms. The number of carbonyl (C=O) groups is 2. The molecular formula is C11H18N2O5. The highest BCUT2D eigenvalue weighted by atomic mass is 16.5. The van der Waals surface area contributed by atoms with Crippen LogP contribution in [-0.2, 0) is 9.53 Å². The van der Waals surface area contributed by atoms with Gasteiger partial charge in [-0.25, -0.2) is 9.59 Å². The highest BCUT2D eigenvalue weighted by molar-refractivity contribution is 5.77. The molecule has 1 heterocycles. The molecule has 0 aromatic heterocycles. The van der Waals surface area contributed by atoms with Crippen molar-refractivity contribution in [3.63, 3.8) is 0 Å². The van der Waals surface area contributed by atoms with Crippen molar-refractivity contribution in [1.82, 2.24) is 10.2 Å². The van der Waals surface area contributed by atoms with Crippen molar-refractivity contribution in [3.8, 4) is 0 Å². The van der Waals surface area contributed by atoms with Gasteiger partial charge in [0.05, 0.1) is 25.3 Å². The Kier molecular flexibility index (Phi) is 4.03. The van der Waals surface area contributed by atoms with E-state index < -0.39 is 12.1 Å². The van der Waals surface area contributed by atoms with Crippen LogP contribution in [0.3, 0.4) is 0 Å². The number of carbonyl (C=O) groups excluding carboxylic acids is 1. The van der Waals surface area contributed by atoms with E-state index in [9.17, 15) is 9.59 Å². The summed E-state index contributed by atoms with van der Waals surface area (Å²) in [4.78, 5) is 24.0. The number of hydrogen-bond donors (Lipinski definition) is 3. The number of nitrogens with zero attached hydrogens (tertiary/aromatic N) is 1. The summed E-state index contributed by atoms with van der Waals surface area (Å²) in [6.07, 6.45) is 1.46. The summed E-state index contributed by atoms with van der Waals surface area (Å²) in [6.45, 7) is 0.745. The van der Waals surface area contributed by atoms with Gasteiger partial charge >= 0.3 is 12.0 Å². The number of hydrogen-bond acceptors (Lipinski definition) is 4. The van der Waals surface area contributed by atoms with Crippen LogP contribution in [-0.4, -0.2) is 65.1 Å². The average molecular weight is 258 g/mol. The largest absolute Gasteiger partial charge is 0.479 e. The maximum absolute atomic E-state index is 11.9. The van der Waals surface area contributed by atoms with Gasteiger partial charge in [0, 0.05) is 6.54 Å². The first-order chi connectivity index (χ1) is 8.59. The molecule has 102 valence electrons. The van der Waals surface area contributed by atoms with Crippen molar-refractivity contribution < 1.29 is 24.5 Å². The zero-order valence-corrected chi connectivity index (χ0v) is 10.0. The highest BCUT2D eigenvalue weighted by Gasteiger charge is 2.38. The summed E-state index contributed by atoms with van der Waals surface area (Å²) in [7, 11) is 0. The van der Waals surface area contributed by atoms with E-state index in [-0.39, 0.29) is 24.7 Å². The number of amides is 2. The number of carboxylic acid groups (broad SMARTS) is 1. The summed E-state index contributed by atoms with van der Waals surface area (Å²) in [5.74, 6) is -1.34. The van der Waals surface area contributed by atoms with Crippen LogP contribution in [0.4, 0.5) is 4.79 Å². The number of fused-ring (bicyclic) bond motifs is 1. The smallest absolute Gasteiger partial charge is 0.334 e. The lowest BCUT2D eigenvalue weighted by molar-refractivity contribution is -0.146. The zero-order valence-electron chi connectivity index (χ0n) is 10.0. The zero-order chi connectivity index (χ0) is 13.1. The van der Waals surface area contributed by atoms with E-state index >= 15 is 0 Å².